The molecule has 0 heterocycles. The van der Waals surface area contributed by atoms with E-state index in [1.54, 1.807) is 4.90 Å². The molecule has 1 rings (SSSR count). The minimum atomic E-state index is -0.0784. The zero-order chi connectivity index (χ0) is 14.3. The highest BCUT2D eigenvalue weighted by atomic mass is 35.5. The maximum atomic E-state index is 12.1. The monoisotopic (exact) mass is 283 g/mol. The maximum Gasteiger partial charge on any atom is 0.242 e. The van der Waals surface area contributed by atoms with Crippen LogP contribution in [0.2, 0.25) is 0 Å². The Bertz CT molecular complexity index is 421. The summed E-state index contributed by atoms with van der Waals surface area (Å²) in [7, 11) is 0. The van der Waals surface area contributed by atoms with Crippen molar-refractivity contribution < 1.29 is 9.53 Å². The van der Waals surface area contributed by atoms with E-state index in [1.807, 2.05) is 26.0 Å². The average molecular weight is 284 g/mol. The zero-order valence-electron chi connectivity index (χ0n) is 11.9. The number of ether oxygens (including phenoxy) is 1. The van der Waals surface area contributed by atoms with E-state index in [9.17, 15) is 4.79 Å². The summed E-state index contributed by atoms with van der Waals surface area (Å²) in [6, 6.07) is 6.09. The Morgan fingerprint density at radius 3 is 2.68 bits per heavy atom. The van der Waals surface area contributed by atoms with Crippen LogP contribution in [0.3, 0.4) is 0 Å². The van der Waals surface area contributed by atoms with Crippen molar-refractivity contribution in [2.45, 2.75) is 27.2 Å². The van der Waals surface area contributed by atoms with Gasteiger partial charge in [0.2, 0.25) is 5.91 Å². The highest BCUT2D eigenvalue weighted by molar-refractivity contribution is 6.29. The number of para-hydroxylation sites is 1. The molecule has 19 heavy (non-hydrogen) atoms. The van der Waals surface area contributed by atoms with Gasteiger partial charge in [0, 0.05) is 18.8 Å². The molecule has 0 unspecified atom stereocenters. The van der Waals surface area contributed by atoms with Crippen LogP contribution in [-0.4, -0.2) is 31.5 Å². The lowest BCUT2D eigenvalue weighted by Crippen LogP contribution is -2.36. The van der Waals surface area contributed by atoms with Crippen molar-refractivity contribution in [3.05, 3.63) is 29.3 Å². The fourth-order valence-electron chi connectivity index (χ4n) is 2.12. The lowest BCUT2D eigenvalue weighted by molar-refractivity contribution is -0.116. The van der Waals surface area contributed by atoms with Crippen LogP contribution in [0.4, 0.5) is 5.69 Å². The molecule has 1 amide bonds. The highest BCUT2D eigenvalue weighted by Crippen LogP contribution is 2.26. The fraction of sp³-hybridized carbons (Fsp3) is 0.533. The first kappa shape index (κ1) is 16.0. The number of aryl methyl sites for hydroxylation is 2. The van der Waals surface area contributed by atoms with Crippen LogP contribution in [0, 0.1) is 6.92 Å². The number of amides is 1. The molecule has 0 aromatic heterocycles. The van der Waals surface area contributed by atoms with E-state index in [2.05, 4.69) is 13.0 Å². The van der Waals surface area contributed by atoms with E-state index in [0.29, 0.717) is 19.8 Å². The van der Waals surface area contributed by atoms with Crippen LogP contribution in [0.5, 0.6) is 0 Å². The lowest BCUT2D eigenvalue weighted by Gasteiger charge is -2.26. The van der Waals surface area contributed by atoms with Crippen molar-refractivity contribution in [2.75, 3.05) is 30.5 Å². The van der Waals surface area contributed by atoms with Gasteiger partial charge < -0.3 is 9.64 Å². The van der Waals surface area contributed by atoms with Gasteiger partial charge in [0.05, 0.1) is 6.61 Å². The minimum absolute atomic E-state index is 0.0103. The van der Waals surface area contributed by atoms with Gasteiger partial charge in [0.1, 0.15) is 5.88 Å². The molecule has 0 N–H and O–H groups in total. The molecule has 0 atom stereocenters. The molecule has 106 valence electrons. The van der Waals surface area contributed by atoms with E-state index in [0.717, 1.165) is 23.2 Å². The van der Waals surface area contributed by atoms with Gasteiger partial charge in [-0.1, -0.05) is 25.1 Å². The number of anilines is 1. The van der Waals surface area contributed by atoms with E-state index in [4.69, 9.17) is 16.3 Å². The van der Waals surface area contributed by atoms with E-state index in [1.165, 1.54) is 0 Å². The first-order valence-electron chi connectivity index (χ1n) is 6.68. The van der Waals surface area contributed by atoms with E-state index in [-0.39, 0.29) is 11.8 Å². The number of hydrogen-bond donors (Lipinski definition) is 0. The second-order valence-electron chi connectivity index (χ2n) is 4.31. The molecule has 0 aliphatic carbocycles. The Labute approximate surface area is 120 Å². The Morgan fingerprint density at radius 1 is 1.37 bits per heavy atom. The topological polar surface area (TPSA) is 29.5 Å². The molecule has 3 nitrogen and oxygen atoms in total. The Morgan fingerprint density at radius 2 is 2.11 bits per heavy atom. The molecule has 0 aliphatic rings. The van der Waals surface area contributed by atoms with Crippen molar-refractivity contribution in [2.24, 2.45) is 0 Å². The first-order valence-corrected chi connectivity index (χ1v) is 7.21. The number of hydrogen-bond acceptors (Lipinski definition) is 2. The standard InChI is InChI=1S/C15H22ClNO2/c1-4-13-8-6-7-12(3)15(13)17(14(18)11-16)9-10-19-5-2/h6-8H,4-5,9-11H2,1-3H3. The summed E-state index contributed by atoms with van der Waals surface area (Å²) in [5.74, 6) is -0.0887. The maximum absolute atomic E-state index is 12.1. The summed E-state index contributed by atoms with van der Waals surface area (Å²) in [6.07, 6.45) is 0.887. The number of benzene rings is 1. The van der Waals surface area contributed by atoms with Crippen LogP contribution in [0.15, 0.2) is 18.2 Å². The Kier molecular flexibility index (Phi) is 6.89. The molecule has 0 bridgehead atoms. The predicted molar refractivity (Wildman–Crippen MR) is 80.1 cm³/mol. The fourth-order valence-corrected chi connectivity index (χ4v) is 2.27. The second kappa shape index (κ2) is 8.18. The average Bonchev–Trinajstić information content (AvgIpc) is 2.43. The largest absolute Gasteiger partial charge is 0.380 e. The number of carbonyl (C=O) groups excluding carboxylic acids is 1. The van der Waals surface area contributed by atoms with E-state index >= 15 is 0 Å². The van der Waals surface area contributed by atoms with Gasteiger partial charge in [-0.05, 0) is 31.4 Å². The second-order valence-corrected chi connectivity index (χ2v) is 4.58. The summed E-state index contributed by atoms with van der Waals surface area (Å²) in [5.41, 5.74) is 3.24. The molecule has 1 aromatic rings. The van der Waals surface area contributed by atoms with Gasteiger partial charge in [-0.2, -0.15) is 0 Å². The lowest BCUT2D eigenvalue weighted by atomic mass is 10.0. The third-order valence-electron chi connectivity index (χ3n) is 3.05. The van der Waals surface area contributed by atoms with Crippen LogP contribution in [0.1, 0.15) is 25.0 Å². The quantitative estimate of drug-likeness (QED) is 0.568. The van der Waals surface area contributed by atoms with Gasteiger partial charge in [-0.3, -0.25) is 4.79 Å². The molecule has 0 fully saturated rings. The molecule has 0 saturated carbocycles. The summed E-state index contributed by atoms with van der Waals surface area (Å²) in [6.45, 7) is 7.76. The number of halogens is 1. The number of alkyl halides is 1. The molecule has 0 aliphatic heterocycles. The summed E-state index contributed by atoms with van der Waals surface area (Å²) in [4.78, 5) is 13.8. The molecular weight excluding hydrogens is 262 g/mol. The van der Waals surface area contributed by atoms with Crippen molar-refractivity contribution in [3.63, 3.8) is 0 Å². The Balaban J connectivity index is 3.05. The van der Waals surface area contributed by atoms with Gasteiger partial charge >= 0.3 is 0 Å². The number of nitrogens with zero attached hydrogens (tertiary/aromatic N) is 1. The third-order valence-corrected chi connectivity index (χ3v) is 3.28. The normalized spacial score (nSPS) is 10.5. The van der Waals surface area contributed by atoms with E-state index < -0.39 is 0 Å². The summed E-state index contributed by atoms with van der Waals surface area (Å²) >= 11 is 5.73. The van der Waals surface area contributed by atoms with Gasteiger partial charge in [0.25, 0.3) is 0 Å². The van der Waals surface area contributed by atoms with Crippen molar-refractivity contribution in [1.29, 1.82) is 0 Å². The highest BCUT2D eigenvalue weighted by Gasteiger charge is 2.19. The number of rotatable bonds is 7. The smallest absolute Gasteiger partial charge is 0.242 e. The zero-order valence-corrected chi connectivity index (χ0v) is 12.7. The first-order chi connectivity index (χ1) is 9.15. The molecule has 1 aromatic carbocycles. The molecule has 4 heteroatoms. The van der Waals surface area contributed by atoms with Gasteiger partial charge in [-0.15, -0.1) is 11.6 Å². The van der Waals surface area contributed by atoms with Crippen LogP contribution in [-0.2, 0) is 16.0 Å². The van der Waals surface area contributed by atoms with Gasteiger partial charge in [-0.25, -0.2) is 0 Å². The number of carbonyl (C=O) groups is 1. The molecule has 0 radical (unpaired) electrons. The van der Waals surface area contributed by atoms with Crippen molar-refractivity contribution in [3.8, 4) is 0 Å². The van der Waals surface area contributed by atoms with Gasteiger partial charge in [0.15, 0.2) is 0 Å². The summed E-state index contributed by atoms with van der Waals surface area (Å²) < 4.78 is 5.36. The van der Waals surface area contributed by atoms with Crippen molar-refractivity contribution in [1.82, 2.24) is 0 Å². The van der Waals surface area contributed by atoms with Crippen LogP contribution < -0.4 is 4.90 Å². The molecule has 0 spiro atoms. The molecule has 0 saturated heterocycles. The predicted octanol–water partition coefficient (Wildman–Crippen LogP) is 3.17. The van der Waals surface area contributed by atoms with Crippen molar-refractivity contribution >= 4 is 23.2 Å². The third kappa shape index (κ3) is 4.22. The van der Waals surface area contributed by atoms with Crippen LogP contribution >= 0.6 is 11.6 Å². The molecular formula is C15H22ClNO2. The Hall–Kier alpha value is -1.06. The SMILES string of the molecule is CCOCCN(C(=O)CCl)c1c(C)cccc1CC. The minimum Gasteiger partial charge on any atom is -0.380 e. The van der Waals surface area contributed by atoms with Crippen LogP contribution in [0.25, 0.3) is 0 Å². The summed E-state index contributed by atoms with van der Waals surface area (Å²) in [5, 5.41) is 0.